The molecule has 0 spiro atoms. The average Bonchev–Trinajstić information content (AvgIpc) is 3.89. The number of fused-ring (bicyclic) bond motifs is 4. The van der Waals surface area contributed by atoms with Crippen molar-refractivity contribution >= 4 is 14.0 Å². The van der Waals surface area contributed by atoms with Crippen molar-refractivity contribution < 1.29 is 58.5 Å². The molecule has 2 nitrogen and oxygen atoms in total. The molecule has 8 aromatic carbocycles. The van der Waals surface area contributed by atoms with Gasteiger partial charge in [-0.15, -0.1) is 28.0 Å². The third kappa shape index (κ3) is 12.6. The molecule has 0 fully saturated rings. The van der Waals surface area contributed by atoms with Crippen molar-refractivity contribution in [3.8, 4) is 22.6 Å². The fourth-order valence-corrected chi connectivity index (χ4v) is 8.06. The average molecular weight is 933 g/mol. The summed E-state index contributed by atoms with van der Waals surface area (Å²) in [7, 11) is 0. The van der Waals surface area contributed by atoms with Crippen LogP contribution in [0.15, 0.2) is 182 Å². The van der Waals surface area contributed by atoms with Gasteiger partial charge in [0.1, 0.15) is 24.7 Å². The first-order valence-corrected chi connectivity index (χ1v) is 22.1. The molecule has 8 aromatic rings. The van der Waals surface area contributed by atoms with E-state index in [0.29, 0.717) is 13.2 Å². The van der Waals surface area contributed by atoms with Crippen molar-refractivity contribution in [1.29, 1.82) is 0 Å². The van der Waals surface area contributed by atoms with Crippen LogP contribution in [0.2, 0.25) is 0 Å². The van der Waals surface area contributed by atoms with Crippen molar-refractivity contribution in [2.24, 2.45) is 0 Å². The van der Waals surface area contributed by atoms with Crippen molar-refractivity contribution in [2.45, 2.75) is 72.0 Å². The van der Waals surface area contributed by atoms with E-state index in [9.17, 15) is 0 Å². The van der Waals surface area contributed by atoms with E-state index in [1.54, 1.807) is 0 Å². The summed E-state index contributed by atoms with van der Waals surface area (Å²) in [6, 6.07) is 66.9. The molecule has 0 N–H and O–H groups in total. The first-order chi connectivity index (χ1) is 28.9. The quantitative estimate of drug-likeness (QED) is 0.143. The van der Waals surface area contributed by atoms with Crippen LogP contribution in [0.1, 0.15) is 86.1 Å². The van der Waals surface area contributed by atoms with Crippen molar-refractivity contribution in [1.82, 2.24) is 0 Å². The van der Waals surface area contributed by atoms with Crippen molar-refractivity contribution in [2.75, 3.05) is 0 Å². The van der Waals surface area contributed by atoms with Gasteiger partial charge in [0.25, 0.3) is 0 Å². The summed E-state index contributed by atoms with van der Waals surface area (Å²) in [5, 5.41) is 2.32. The van der Waals surface area contributed by atoms with E-state index < -0.39 is 0 Å². The Hall–Kier alpha value is -4.92. The molecule has 1 aliphatic carbocycles. The first kappa shape index (κ1) is 48.1. The van der Waals surface area contributed by atoms with Gasteiger partial charge in [-0.25, -0.2) is 0 Å². The van der Waals surface area contributed by atoms with Gasteiger partial charge in [-0.1, -0.05) is 138 Å². The number of benzene rings is 7. The number of rotatable bonds is 8. The van der Waals surface area contributed by atoms with Crippen molar-refractivity contribution in [3.63, 3.8) is 0 Å². The third-order valence-electron chi connectivity index (χ3n) is 10.8. The van der Waals surface area contributed by atoms with Crippen LogP contribution in [0.4, 0.5) is 0 Å². The Bertz CT molecular complexity index is 2460. The van der Waals surface area contributed by atoms with Gasteiger partial charge in [-0.2, -0.15) is 35.9 Å². The molecule has 0 unspecified atom stereocenters. The minimum Gasteiger partial charge on any atom is -0.495 e. The van der Waals surface area contributed by atoms with Crippen LogP contribution in [-0.2, 0) is 54.7 Å². The van der Waals surface area contributed by atoms with E-state index in [1.807, 2.05) is 42.5 Å². The maximum atomic E-state index is 6.06. The first-order valence-electron chi connectivity index (χ1n) is 20.8. The maximum Gasteiger partial charge on any atom is 0.142 e. The van der Waals surface area contributed by atoms with Crippen LogP contribution in [0.5, 0.6) is 11.5 Å². The van der Waals surface area contributed by atoms with Gasteiger partial charge in [0.2, 0.25) is 0 Å². The zero-order valence-corrected chi connectivity index (χ0v) is 40.5. The van der Waals surface area contributed by atoms with E-state index in [1.165, 1.54) is 71.9 Å². The Kier molecular flexibility index (Phi) is 17.0. The normalized spacial score (nSPS) is 11.3. The van der Waals surface area contributed by atoms with E-state index in [2.05, 4.69) is 187 Å². The Morgan fingerprint density at radius 2 is 1.06 bits per heavy atom. The van der Waals surface area contributed by atoms with Gasteiger partial charge < -0.3 is 34.3 Å². The molecule has 314 valence electrons. The monoisotopic (exact) mass is 930 g/mol. The molecular formula is C57H54Cl2O2Zr-2. The topological polar surface area (TPSA) is 18.5 Å². The molecule has 0 bridgehead atoms. The van der Waals surface area contributed by atoms with Gasteiger partial charge >= 0.3 is 99.2 Å². The summed E-state index contributed by atoms with van der Waals surface area (Å²) < 4.78 is 13.5. The molecule has 62 heavy (non-hydrogen) atoms. The minimum absolute atomic E-state index is 0. The molecular weight excluding hydrogens is 879 g/mol. The zero-order valence-electron chi connectivity index (χ0n) is 36.5. The van der Waals surface area contributed by atoms with Gasteiger partial charge in [-0.05, 0) is 39.5 Å². The summed E-state index contributed by atoms with van der Waals surface area (Å²) in [5.41, 5.74) is 13.6. The predicted octanol–water partition coefficient (Wildman–Crippen LogP) is 8.18. The van der Waals surface area contributed by atoms with Crippen LogP contribution >= 0.6 is 0 Å². The van der Waals surface area contributed by atoms with Crippen molar-refractivity contribution in [3.05, 3.63) is 233 Å². The number of hydrogen-bond donors (Lipinski definition) is 0. The van der Waals surface area contributed by atoms with E-state index in [-0.39, 0.29) is 35.6 Å². The van der Waals surface area contributed by atoms with Crippen LogP contribution in [0.25, 0.3) is 21.9 Å². The van der Waals surface area contributed by atoms with Gasteiger partial charge in [0, 0.05) is 0 Å². The van der Waals surface area contributed by atoms with Crippen LogP contribution in [-0.4, -0.2) is 3.21 Å². The molecule has 0 aliphatic heterocycles. The second-order valence-corrected chi connectivity index (χ2v) is 18.7. The summed E-state index contributed by atoms with van der Waals surface area (Å²) in [5.74, 6) is 1.55. The SMILES string of the molecule is CC(C)(C)c1[c-]c2c(cc1)-c1ccc(C(C)(C)C)cc1C2.[Cl-].[Cl-].[Zr+2]=[C](c1ccccc1)c1ccccc1.c1ccc(COc2cc3cc[cH-]c3cc2OCc2ccccc2)cc1. The summed E-state index contributed by atoms with van der Waals surface area (Å²) in [6.07, 6.45) is 1.03. The number of ether oxygens (including phenoxy) is 2. The molecule has 0 amide bonds. The molecule has 0 heterocycles. The van der Waals surface area contributed by atoms with Gasteiger partial charge in [-0.3, -0.25) is 0 Å². The minimum atomic E-state index is 0. The molecule has 0 aromatic heterocycles. The summed E-state index contributed by atoms with van der Waals surface area (Å²) in [6.45, 7) is 14.6. The molecule has 9 rings (SSSR count). The Balaban J connectivity index is 0.000000179. The molecule has 5 heteroatoms. The summed E-state index contributed by atoms with van der Waals surface area (Å²) >= 11 is 1.46. The molecule has 0 saturated heterocycles. The molecule has 1 aliphatic rings. The smallest absolute Gasteiger partial charge is 0.142 e. The predicted molar refractivity (Wildman–Crippen MR) is 248 cm³/mol. The number of hydrogen-bond acceptors (Lipinski definition) is 2. The Morgan fingerprint density at radius 1 is 0.565 bits per heavy atom. The fourth-order valence-electron chi connectivity index (χ4n) is 7.24. The van der Waals surface area contributed by atoms with Crippen LogP contribution in [0.3, 0.4) is 0 Å². The third-order valence-corrected chi connectivity index (χ3v) is 12.2. The van der Waals surface area contributed by atoms with Gasteiger partial charge in [0.15, 0.2) is 0 Å². The largest absolute Gasteiger partial charge is 0.495 e. The van der Waals surface area contributed by atoms with E-state index >= 15 is 0 Å². The number of halogens is 2. The van der Waals surface area contributed by atoms with Gasteiger partial charge in [0.05, 0.1) is 0 Å². The Labute approximate surface area is 396 Å². The standard InChI is InChI=1S/C23H19O2.C21H25.C13H10.2ClH.Zr/c1-3-8-18(9-4-1)16-24-22-14-20-12-7-13-21(20)15-23(22)25-17-19-10-5-2-6-11-19;1-20(2,3)16-7-9-18-14(12-16)11-15-13-17(21(4,5)6)8-10-19(15)18;1-3-7-12(8-4-1)11-13-9-5-2-6-10-13;;;/h1-15H,16-17H2;7-10,12H,11H2,1-6H3;1-10H;2*1H;/q2*-1;;;;+2/p-2. The second-order valence-electron chi connectivity index (χ2n) is 17.4. The van der Waals surface area contributed by atoms with E-state index in [0.717, 1.165) is 39.8 Å². The van der Waals surface area contributed by atoms with Crippen LogP contribution in [0, 0.1) is 6.07 Å². The van der Waals surface area contributed by atoms with Crippen LogP contribution < -0.4 is 34.3 Å². The Morgan fingerprint density at radius 3 is 1.58 bits per heavy atom. The zero-order chi connectivity index (χ0) is 42.1. The molecule has 0 radical (unpaired) electrons. The molecule has 0 saturated carbocycles. The molecule has 0 atom stereocenters. The maximum absolute atomic E-state index is 6.06. The van der Waals surface area contributed by atoms with E-state index in [4.69, 9.17) is 9.47 Å². The summed E-state index contributed by atoms with van der Waals surface area (Å²) in [4.78, 5) is 0. The fraction of sp³-hybridized carbons (Fsp3) is 0.193. The second kappa shape index (κ2) is 21.9.